The molecule has 4 N–H and O–H groups in total. The molecule has 0 atom stereocenters. The van der Waals surface area contributed by atoms with Crippen LogP contribution in [0.25, 0.3) is 33.3 Å². The Labute approximate surface area is 119 Å². The second-order valence-corrected chi connectivity index (χ2v) is 4.88. The highest BCUT2D eigenvalue weighted by molar-refractivity contribution is 5.95. The zero-order valence-electron chi connectivity index (χ0n) is 11.0. The van der Waals surface area contributed by atoms with Crippen LogP contribution in [0.3, 0.4) is 0 Å². The standard InChI is InChI=1S/C15H12FN5/c16-7-13-20-14-9(6-12(17)19-15(14)21-13)11-5-8-3-1-2-4-10(8)18-11/h1-6,18H,7H2,(H3,17,19,20,21). The number of imidazole rings is 1. The Kier molecular flexibility index (Phi) is 2.44. The van der Waals surface area contributed by atoms with E-state index < -0.39 is 6.67 Å². The summed E-state index contributed by atoms with van der Waals surface area (Å²) < 4.78 is 12.8. The summed E-state index contributed by atoms with van der Waals surface area (Å²) in [5.41, 5.74) is 9.70. The second kappa shape index (κ2) is 4.31. The number of halogens is 1. The molecule has 4 rings (SSSR count). The molecule has 3 aromatic heterocycles. The second-order valence-electron chi connectivity index (χ2n) is 4.88. The summed E-state index contributed by atoms with van der Waals surface area (Å²) in [5.74, 6) is 0.605. The van der Waals surface area contributed by atoms with Gasteiger partial charge in [0.25, 0.3) is 0 Å². The number of aromatic amines is 2. The number of fused-ring (bicyclic) bond motifs is 2. The first-order valence-corrected chi connectivity index (χ1v) is 6.54. The third kappa shape index (κ3) is 1.84. The maximum atomic E-state index is 12.8. The SMILES string of the molecule is Nc1cc(-c2cc3ccccc3[nH]2)c2[nH]c(CF)nc2n1. The van der Waals surface area contributed by atoms with Crippen molar-refractivity contribution in [3.63, 3.8) is 0 Å². The molecule has 0 spiro atoms. The molecule has 104 valence electrons. The van der Waals surface area contributed by atoms with E-state index in [1.54, 1.807) is 6.07 Å². The molecule has 6 heteroatoms. The Morgan fingerprint density at radius 2 is 1.95 bits per heavy atom. The highest BCUT2D eigenvalue weighted by atomic mass is 19.1. The third-order valence-electron chi connectivity index (χ3n) is 3.48. The molecule has 0 saturated heterocycles. The molecule has 0 saturated carbocycles. The van der Waals surface area contributed by atoms with Crippen molar-refractivity contribution in [3.8, 4) is 11.3 Å². The van der Waals surface area contributed by atoms with Crippen LogP contribution in [0.15, 0.2) is 36.4 Å². The number of nitrogens with zero attached hydrogens (tertiary/aromatic N) is 2. The largest absolute Gasteiger partial charge is 0.384 e. The van der Waals surface area contributed by atoms with Gasteiger partial charge in [-0.2, -0.15) is 0 Å². The monoisotopic (exact) mass is 281 g/mol. The highest BCUT2D eigenvalue weighted by Crippen LogP contribution is 2.30. The first kappa shape index (κ1) is 11.9. The van der Waals surface area contributed by atoms with E-state index >= 15 is 0 Å². The summed E-state index contributed by atoms with van der Waals surface area (Å²) in [6.07, 6.45) is 0. The lowest BCUT2D eigenvalue weighted by atomic mass is 10.1. The molecule has 0 aliphatic carbocycles. The lowest BCUT2D eigenvalue weighted by Crippen LogP contribution is -1.92. The van der Waals surface area contributed by atoms with Crippen molar-refractivity contribution in [1.29, 1.82) is 0 Å². The summed E-state index contributed by atoms with van der Waals surface area (Å²) in [5, 5.41) is 1.10. The highest BCUT2D eigenvalue weighted by Gasteiger charge is 2.13. The van der Waals surface area contributed by atoms with Gasteiger partial charge in [-0.15, -0.1) is 0 Å². The Bertz CT molecular complexity index is 920. The van der Waals surface area contributed by atoms with Gasteiger partial charge in [-0.05, 0) is 18.2 Å². The number of hydrogen-bond acceptors (Lipinski definition) is 3. The van der Waals surface area contributed by atoms with Crippen LogP contribution >= 0.6 is 0 Å². The molecule has 3 heterocycles. The Balaban J connectivity index is 2.01. The van der Waals surface area contributed by atoms with Gasteiger partial charge in [-0.1, -0.05) is 18.2 Å². The van der Waals surface area contributed by atoms with E-state index in [0.29, 0.717) is 17.0 Å². The molecule has 0 aliphatic rings. The van der Waals surface area contributed by atoms with E-state index in [1.165, 1.54) is 0 Å². The summed E-state index contributed by atoms with van der Waals surface area (Å²) >= 11 is 0. The Hall–Kier alpha value is -2.89. The van der Waals surface area contributed by atoms with Crippen molar-refractivity contribution >= 4 is 27.9 Å². The van der Waals surface area contributed by atoms with Crippen molar-refractivity contribution in [2.45, 2.75) is 6.67 Å². The van der Waals surface area contributed by atoms with Crippen LogP contribution in [0.5, 0.6) is 0 Å². The minimum absolute atomic E-state index is 0.250. The average molecular weight is 281 g/mol. The number of H-pyrrole nitrogens is 2. The first-order chi connectivity index (χ1) is 10.2. The van der Waals surface area contributed by atoms with Crippen LogP contribution in [0.4, 0.5) is 10.2 Å². The number of benzene rings is 1. The Morgan fingerprint density at radius 1 is 1.10 bits per heavy atom. The molecule has 0 fully saturated rings. The molecule has 0 aliphatic heterocycles. The van der Waals surface area contributed by atoms with Crippen LogP contribution < -0.4 is 5.73 Å². The fourth-order valence-electron chi connectivity index (χ4n) is 2.55. The molecule has 5 nitrogen and oxygen atoms in total. The number of anilines is 1. The number of alkyl halides is 1. The van der Waals surface area contributed by atoms with E-state index in [4.69, 9.17) is 5.73 Å². The molecule has 0 radical (unpaired) electrons. The minimum Gasteiger partial charge on any atom is -0.384 e. The van der Waals surface area contributed by atoms with Gasteiger partial charge in [-0.3, -0.25) is 0 Å². The van der Waals surface area contributed by atoms with Gasteiger partial charge in [0.15, 0.2) is 5.65 Å². The number of pyridine rings is 1. The van der Waals surface area contributed by atoms with Gasteiger partial charge in [0.05, 0.1) is 5.52 Å². The van der Waals surface area contributed by atoms with E-state index in [1.807, 2.05) is 30.3 Å². The molecule has 0 amide bonds. The van der Waals surface area contributed by atoms with Crippen molar-refractivity contribution < 1.29 is 4.39 Å². The molecule has 21 heavy (non-hydrogen) atoms. The fraction of sp³-hybridized carbons (Fsp3) is 0.0667. The van der Waals surface area contributed by atoms with E-state index in [9.17, 15) is 4.39 Å². The van der Waals surface area contributed by atoms with Gasteiger partial charge in [0.1, 0.15) is 18.3 Å². The number of para-hydroxylation sites is 1. The van der Waals surface area contributed by atoms with Crippen LogP contribution in [0.1, 0.15) is 5.82 Å². The van der Waals surface area contributed by atoms with Crippen LogP contribution in [-0.4, -0.2) is 19.9 Å². The maximum absolute atomic E-state index is 12.8. The number of nitrogens with one attached hydrogen (secondary N) is 2. The number of nitrogens with two attached hydrogens (primary N) is 1. The molecule has 0 unspecified atom stereocenters. The number of nitrogen functional groups attached to an aromatic ring is 1. The fourth-order valence-corrected chi connectivity index (χ4v) is 2.55. The summed E-state index contributed by atoms with van der Waals surface area (Å²) in [7, 11) is 0. The maximum Gasteiger partial charge on any atom is 0.180 e. The molecule has 0 bridgehead atoms. The summed E-state index contributed by atoms with van der Waals surface area (Å²) in [6.45, 7) is -0.664. The predicted octanol–water partition coefficient (Wildman–Crippen LogP) is 3.16. The smallest absolute Gasteiger partial charge is 0.180 e. The Morgan fingerprint density at radius 3 is 2.76 bits per heavy atom. The number of hydrogen-bond donors (Lipinski definition) is 3. The molecule has 1 aromatic carbocycles. The summed E-state index contributed by atoms with van der Waals surface area (Å²) in [6, 6.07) is 11.8. The molecule has 4 aromatic rings. The topological polar surface area (TPSA) is 83.4 Å². The van der Waals surface area contributed by atoms with Gasteiger partial charge in [0.2, 0.25) is 0 Å². The van der Waals surface area contributed by atoms with Crippen molar-refractivity contribution in [2.75, 3.05) is 5.73 Å². The average Bonchev–Trinajstić information content (AvgIpc) is 3.09. The van der Waals surface area contributed by atoms with Crippen molar-refractivity contribution in [2.24, 2.45) is 0 Å². The lowest BCUT2D eigenvalue weighted by molar-refractivity contribution is 0.469. The minimum atomic E-state index is -0.664. The van der Waals surface area contributed by atoms with Crippen LogP contribution in [0.2, 0.25) is 0 Å². The number of rotatable bonds is 2. The van der Waals surface area contributed by atoms with Crippen LogP contribution in [0, 0.1) is 0 Å². The summed E-state index contributed by atoms with van der Waals surface area (Å²) in [4.78, 5) is 14.5. The van der Waals surface area contributed by atoms with E-state index in [-0.39, 0.29) is 5.82 Å². The van der Waals surface area contributed by atoms with Gasteiger partial charge >= 0.3 is 0 Å². The van der Waals surface area contributed by atoms with Gasteiger partial charge in [-0.25, -0.2) is 14.4 Å². The first-order valence-electron chi connectivity index (χ1n) is 6.54. The van der Waals surface area contributed by atoms with E-state index in [0.717, 1.165) is 22.2 Å². The zero-order valence-corrected chi connectivity index (χ0v) is 11.0. The lowest BCUT2D eigenvalue weighted by Gasteiger charge is -2.01. The number of aromatic nitrogens is 4. The molecular formula is C15H12FN5. The van der Waals surface area contributed by atoms with Gasteiger partial charge in [0, 0.05) is 22.2 Å². The van der Waals surface area contributed by atoms with E-state index in [2.05, 4.69) is 19.9 Å². The zero-order chi connectivity index (χ0) is 14.4. The van der Waals surface area contributed by atoms with Gasteiger partial charge < -0.3 is 15.7 Å². The predicted molar refractivity (Wildman–Crippen MR) is 80.4 cm³/mol. The molecular weight excluding hydrogens is 269 g/mol. The van der Waals surface area contributed by atoms with Crippen molar-refractivity contribution in [1.82, 2.24) is 19.9 Å². The normalized spacial score (nSPS) is 11.5. The third-order valence-corrected chi connectivity index (χ3v) is 3.48. The van der Waals surface area contributed by atoms with Crippen molar-refractivity contribution in [3.05, 3.63) is 42.2 Å². The van der Waals surface area contributed by atoms with Crippen LogP contribution in [-0.2, 0) is 6.67 Å². The quantitative estimate of drug-likeness (QED) is 0.527.